The fourth-order valence-corrected chi connectivity index (χ4v) is 2.79. The highest BCUT2D eigenvalue weighted by atomic mass is 32.1. The average molecular weight is 210 g/mol. The Kier molecular flexibility index (Phi) is 2.04. The number of hydrogen-bond donors (Lipinski definition) is 0. The molecule has 0 unspecified atom stereocenters. The lowest BCUT2D eigenvalue weighted by molar-refractivity contribution is 1.70. The minimum atomic E-state index is 1.30. The first-order valence-corrected chi connectivity index (χ1v) is 5.79. The van der Waals surface area contributed by atoms with Crippen molar-refractivity contribution < 1.29 is 0 Å². The number of fused-ring (bicyclic) bond motifs is 1. The van der Waals surface area contributed by atoms with E-state index >= 15 is 0 Å². The Morgan fingerprint density at radius 2 is 1.47 bits per heavy atom. The van der Waals surface area contributed by atoms with Crippen molar-refractivity contribution in [1.82, 2.24) is 0 Å². The van der Waals surface area contributed by atoms with Gasteiger partial charge in [-0.3, -0.25) is 0 Å². The van der Waals surface area contributed by atoms with Crippen molar-refractivity contribution in [2.75, 3.05) is 0 Å². The van der Waals surface area contributed by atoms with Crippen LogP contribution in [0.3, 0.4) is 0 Å². The minimum absolute atomic E-state index is 1.30. The number of rotatable bonds is 1. The van der Waals surface area contributed by atoms with Gasteiger partial charge < -0.3 is 0 Å². The summed E-state index contributed by atoms with van der Waals surface area (Å²) in [6.45, 7) is 0. The van der Waals surface area contributed by atoms with Gasteiger partial charge in [0.15, 0.2) is 0 Å². The molecular weight excluding hydrogens is 200 g/mol. The summed E-state index contributed by atoms with van der Waals surface area (Å²) in [6, 6.07) is 21.3. The van der Waals surface area contributed by atoms with Crippen LogP contribution in [0, 0.1) is 0 Å². The molecule has 0 saturated heterocycles. The molecule has 0 aliphatic rings. The summed E-state index contributed by atoms with van der Waals surface area (Å²) in [5.74, 6) is 0. The highest BCUT2D eigenvalue weighted by Crippen LogP contribution is 2.32. The van der Waals surface area contributed by atoms with E-state index in [0.29, 0.717) is 0 Å². The molecule has 15 heavy (non-hydrogen) atoms. The average Bonchev–Trinajstić information content (AvgIpc) is 2.74. The molecule has 0 spiro atoms. The molecule has 3 aromatic rings. The summed E-state index contributed by atoms with van der Waals surface area (Å²) < 4.78 is 1.36. The van der Waals surface area contributed by atoms with Gasteiger partial charge >= 0.3 is 0 Å². The van der Waals surface area contributed by atoms with E-state index < -0.39 is 0 Å². The van der Waals surface area contributed by atoms with E-state index in [9.17, 15) is 0 Å². The molecular formula is C14H10S. The Morgan fingerprint density at radius 1 is 0.733 bits per heavy atom. The molecule has 1 heteroatoms. The van der Waals surface area contributed by atoms with Crippen molar-refractivity contribution in [2.24, 2.45) is 0 Å². The van der Waals surface area contributed by atoms with Gasteiger partial charge in [0.05, 0.1) is 0 Å². The van der Waals surface area contributed by atoms with Gasteiger partial charge in [-0.25, -0.2) is 0 Å². The van der Waals surface area contributed by atoms with E-state index in [0.717, 1.165) is 0 Å². The third-order valence-electron chi connectivity index (χ3n) is 2.48. The fourth-order valence-electron chi connectivity index (χ4n) is 1.73. The Hall–Kier alpha value is -1.60. The Labute approximate surface area is 92.8 Å². The van der Waals surface area contributed by atoms with Crippen LogP contribution in [0.2, 0.25) is 0 Å². The monoisotopic (exact) mass is 210 g/mol. The van der Waals surface area contributed by atoms with Gasteiger partial charge in [0.25, 0.3) is 0 Å². The van der Waals surface area contributed by atoms with Crippen molar-refractivity contribution >= 4 is 21.4 Å². The molecule has 0 radical (unpaired) electrons. The lowest BCUT2D eigenvalue weighted by Crippen LogP contribution is -1.67. The standard InChI is InChI=1S/C14H10S/c1-2-6-11(7-3-1)14-10-12-8-4-5-9-13(12)15-14/h1-10H. The van der Waals surface area contributed by atoms with Crippen LogP contribution in [0.25, 0.3) is 20.5 Å². The van der Waals surface area contributed by atoms with Gasteiger partial charge in [-0.2, -0.15) is 0 Å². The largest absolute Gasteiger partial charge is 0.135 e. The molecule has 2 aromatic carbocycles. The van der Waals surface area contributed by atoms with Crippen molar-refractivity contribution in [3.8, 4) is 10.4 Å². The molecule has 0 atom stereocenters. The summed E-state index contributed by atoms with van der Waals surface area (Å²) in [5.41, 5.74) is 1.30. The zero-order chi connectivity index (χ0) is 10.1. The molecule has 3 rings (SSSR count). The maximum absolute atomic E-state index is 2.26. The van der Waals surface area contributed by atoms with Crippen molar-refractivity contribution in [2.45, 2.75) is 0 Å². The molecule has 0 saturated carbocycles. The van der Waals surface area contributed by atoms with Gasteiger partial charge in [0, 0.05) is 9.58 Å². The van der Waals surface area contributed by atoms with E-state index in [1.54, 1.807) is 0 Å². The van der Waals surface area contributed by atoms with Crippen LogP contribution >= 0.6 is 11.3 Å². The minimum Gasteiger partial charge on any atom is -0.135 e. The Morgan fingerprint density at radius 3 is 2.27 bits per heavy atom. The summed E-state index contributed by atoms with van der Waals surface area (Å²) in [7, 11) is 0. The third kappa shape index (κ3) is 1.55. The molecule has 72 valence electrons. The van der Waals surface area contributed by atoms with Crippen LogP contribution < -0.4 is 0 Å². The summed E-state index contributed by atoms with van der Waals surface area (Å²) >= 11 is 1.85. The number of hydrogen-bond acceptors (Lipinski definition) is 1. The van der Waals surface area contributed by atoms with E-state index in [4.69, 9.17) is 0 Å². The normalized spacial score (nSPS) is 10.7. The van der Waals surface area contributed by atoms with Crippen LogP contribution in [-0.2, 0) is 0 Å². The zero-order valence-corrected chi connectivity index (χ0v) is 9.00. The number of thiophene rings is 1. The van der Waals surface area contributed by atoms with E-state index in [2.05, 4.69) is 60.7 Å². The first-order chi connectivity index (χ1) is 7.43. The highest BCUT2D eigenvalue weighted by Gasteiger charge is 2.02. The van der Waals surface area contributed by atoms with Crippen LogP contribution in [0.4, 0.5) is 0 Å². The van der Waals surface area contributed by atoms with Crippen molar-refractivity contribution in [3.05, 3.63) is 60.7 Å². The Balaban J connectivity index is 2.21. The summed E-state index contributed by atoms with van der Waals surface area (Å²) in [5, 5.41) is 1.33. The van der Waals surface area contributed by atoms with Gasteiger partial charge in [-0.05, 0) is 23.1 Å². The maximum Gasteiger partial charge on any atom is 0.0355 e. The Bertz CT molecular complexity index is 545. The van der Waals surface area contributed by atoms with Crippen molar-refractivity contribution in [3.63, 3.8) is 0 Å². The molecule has 0 amide bonds. The molecule has 0 aliphatic carbocycles. The molecule has 0 nitrogen and oxygen atoms in total. The molecule has 0 aliphatic heterocycles. The number of benzene rings is 2. The van der Waals surface area contributed by atoms with E-state index in [1.807, 2.05) is 11.3 Å². The lowest BCUT2D eigenvalue weighted by atomic mass is 10.2. The maximum atomic E-state index is 2.26. The van der Waals surface area contributed by atoms with E-state index in [-0.39, 0.29) is 0 Å². The summed E-state index contributed by atoms with van der Waals surface area (Å²) in [6.07, 6.45) is 0. The predicted molar refractivity (Wildman–Crippen MR) is 67.3 cm³/mol. The second-order valence-electron chi connectivity index (χ2n) is 3.51. The van der Waals surface area contributed by atoms with Gasteiger partial charge in [-0.1, -0.05) is 48.5 Å². The van der Waals surface area contributed by atoms with Crippen LogP contribution in [0.5, 0.6) is 0 Å². The van der Waals surface area contributed by atoms with Gasteiger partial charge in [0.2, 0.25) is 0 Å². The first kappa shape index (κ1) is 8.69. The van der Waals surface area contributed by atoms with Crippen LogP contribution in [0.15, 0.2) is 60.7 Å². The van der Waals surface area contributed by atoms with Crippen LogP contribution in [0.1, 0.15) is 0 Å². The lowest BCUT2D eigenvalue weighted by Gasteiger charge is -1.93. The molecule has 0 N–H and O–H groups in total. The zero-order valence-electron chi connectivity index (χ0n) is 8.18. The summed E-state index contributed by atoms with van der Waals surface area (Å²) in [4.78, 5) is 1.34. The predicted octanol–water partition coefficient (Wildman–Crippen LogP) is 4.57. The quantitative estimate of drug-likeness (QED) is 0.552. The third-order valence-corrected chi connectivity index (χ3v) is 3.65. The smallest absolute Gasteiger partial charge is 0.0355 e. The van der Waals surface area contributed by atoms with Crippen molar-refractivity contribution in [1.29, 1.82) is 0 Å². The molecule has 0 bridgehead atoms. The SMILES string of the molecule is c1ccc(-c2cc3ccccc3s2)cc1. The van der Waals surface area contributed by atoms with Crippen LogP contribution in [-0.4, -0.2) is 0 Å². The molecule has 1 aromatic heterocycles. The molecule has 1 heterocycles. The van der Waals surface area contributed by atoms with E-state index in [1.165, 1.54) is 20.5 Å². The fraction of sp³-hybridized carbons (Fsp3) is 0. The topological polar surface area (TPSA) is 0 Å². The first-order valence-electron chi connectivity index (χ1n) is 4.97. The molecule has 0 fully saturated rings. The highest BCUT2D eigenvalue weighted by molar-refractivity contribution is 7.22. The second kappa shape index (κ2) is 3.52. The second-order valence-corrected chi connectivity index (χ2v) is 4.60. The van der Waals surface area contributed by atoms with Gasteiger partial charge in [-0.15, -0.1) is 11.3 Å². The van der Waals surface area contributed by atoms with Gasteiger partial charge in [0.1, 0.15) is 0 Å².